The fourth-order valence-corrected chi connectivity index (χ4v) is 1.48. The molecule has 1 N–H and O–H groups in total. The summed E-state index contributed by atoms with van der Waals surface area (Å²) in [5, 5.41) is 24.4. The van der Waals surface area contributed by atoms with Crippen molar-refractivity contribution in [2.24, 2.45) is 0 Å². The van der Waals surface area contributed by atoms with Gasteiger partial charge in [0.15, 0.2) is 5.69 Å². The summed E-state index contributed by atoms with van der Waals surface area (Å²) in [5.41, 5.74) is 0.0116. The topological polar surface area (TPSA) is 74.7 Å². The highest BCUT2D eigenvalue weighted by Crippen LogP contribution is 2.39. The van der Waals surface area contributed by atoms with Crippen LogP contribution in [-0.2, 0) is 10.3 Å². The van der Waals surface area contributed by atoms with Crippen molar-refractivity contribution in [1.82, 2.24) is 15.0 Å². The Bertz CT molecular complexity index is 364. The van der Waals surface area contributed by atoms with Crippen LogP contribution >= 0.6 is 34.8 Å². The Morgan fingerprint density at radius 1 is 1.50 bits per heavy atom. The maximum atomic E-state index is 8.69. The lowest BCUT2D eigenvalue weighted by Gasteiger charge is -2.11. The predicted octanol–water partition coefficient (Wildman–Crippen LogP) is 0.969. The second-order valence-electron chi connectivity index (χ2n) is 2.34. The van der Waals surface area contributed by atoms with Crippen molar-refractivity contribution in [3.63, 3.8) is 0 Å². The van der Waals surface area contributed by atoms with Crippen LogP contribution in [0.4, 0.5) is 0 Å². The number of hydrogen-bond donors (Lipinski definition) is 1. The Balaban J connectivity index is 3.21. The summed E-state index contributed by atoms with van der Waals surface area (Å²) in [6, 6.07) is 1.75. The molecule has 0 amide bonds. The van der Waals surface area contributed by atoms with Gasteiger partial charge >= 0.3 is 0 Å². The van der Waals surface area contributed by atoms with E-state index in [0.717, 1.165) is 0 Å². The molecule has 0 unspecified atom stereocenters. The molecule has 1 aromatic rings. The number of nitriles is 1. The van der Waals surface area contributed by atoms with Crippen LogP contribution in [0.5, 0.6) is 0 Å². The van der Waals surface area contributed by atoms with Crippen LogP contribution in [0.25, 0.3) is 0 Å². The van der Waals surface area contributed by atoms with Crippen LogP contribution in [0.15, 0.2) is 0 Å². The van der Waals surface area contributed by atoms with Crippen LogP contribution < -0.4 is 0 Å². The van der Waals surface area contributed by atoms with Crippen LogP contribution in [-0.4, -0.2) is 26.7 Å². The molecule has 0 saturated heterocycles. The Kier molecular flexibility index (Phi) is 3.56. The summed E-state index contributed by atoms with van der Waals surface area (Å²) in [7, 11) is 0. The van der Waals surface area contributed by atoms with Gasteiger partial charge in [0.1, 0.15) is 11.8 Å². The highest BCUT2D eigenvalue weighted by atomic mass is 35.6. The SMILES string of the molecule is N#Cc1nnn(CCO)c1C(Cl)(Cl)Cl. The number of aromatic nitrogens is 3. The van der Waals surface area contributed by atoms with Gasteiger partial charge in [-0.2, -0.15) is 5.26 Å². The molecule has 1 heterocycles. The highest BCUT2D eigenvalue weighted by molar-refractivity contribution is 6.66. The lowest BCUT2D eigenvalue weighted by Crippen LogP contribution is -2.15. The van der Waals surface area contributed by atoms with E-state index < -0.39 is 3.79 Å². The molecule has 0 bridgehead atoms. The minimum Gasteiger partial charge on any atom is -0.394 e. The van der Waals surface area contributed by atoms with Crippen molar-refractivity contribution < 1.29 is 5.11 Å². The minimum atomic E-state index is -1.77. The molecule has 1 aromatic heterocycles. The van der Waals surface area contributed by atoms with Crippen LogP contribution in [0.2, 0.25) is 0 Å². The summed E-state index contributed by atoms with van der Waals surface area (Å²) < 4.78 is -0.588. The first-order valence-electron chi connectivity index (χ1n) is 3.52. The summed E-state index contributed by atoms with van der Waals surface area (Å²) >= 11 is 16.9. The predicted molar refractivity (Wildman–Crippen MR) is 51.1 cm³/mol. The zero-order valence-electron chi connectivity index (χ0n) is 6.78. The second-order valence-corrected chi connectivity index (χ2v) is 4.62. The van der Waals surface area contributed by atoms with E-state index in [2.05, 4.69) is 10.3 Å². The van der Waals surface area contributed by atoms with Crippen molar-refractivity contribution >= 4 is 34.8 Å². The van der Waals surface area contributed by atoms with Crippen molar-refractivity contribution in [3.05, 3.63) is 11.4 Å². The van der Waals surface area contributed by atoms with E-state index in [0.29, 0.717) is 0 Å². The van der Waals surface area contributed by atoms with Crippen LogP contribution in [0.1, 0.15) is 11.4 Å². The molecule has 0 aliphatic heterocycles. The molecule has 0 aliphatic carbocycles. The first-order chi connectivity index (χ1) is 6.50. The fourth-order valence-electron chi connectivity index (χ4n) is 0.920. The zero-order valence-corrected chi connectivity index (χ0v) is 9.05. The van der Waals surface area contributed by atoms with E-state index in [-0.39, 0.29) is 24.5 Å². The molecule has 0 aromatic carbocycles. The Hall–Kier alpha value is -0.540. The molecule has 0 spiro atoms. The first kappa shape index (κ1) is 11.5. The highest BCUT2D eigenvalue weighted by Gasteiger charge is 2.32. The van der Waals surface area contributed by atoms with Gasteiger partial charge in [-0.15, -0.1) is 5.10 Å². The zero-order chi connectivity index (χ0) is 10.8. The van der Waals surface area contributed by atoms with Crippen molar-refractivity contribution in [2.75, 3.05) is 6.61 Å². The smallest absolute Gasteiger partial charge is 0.235 e. The molecule has 8 heteroatoms. The maximum absolute atomic E-state index is 8.69. The van der Waals surface area contributed by atoms with Gasteiger partial charge < -0.3 is 5.11 Å². The Morgan fingerprint density at radius 3 is 2.57 bits per heavy atom. The van der Waals surface area contributed by atoms with Gasteiger partial charge in [-0.05, 0) is 0 Å². The normalized spacial score (nSPS) is 11.4. The molecule has 0 aliphatic rings. The quantitative estimate of drug-likeness (QED) is 0.799. The average Bonchev–Trinajstić information content (AvgIpc) is 2.47. The monoisotopic (exact) mass is 254 g/mol. The summed E-state index contributed by atoms with van der Waals surface area (Å²) in [4.78, 5) is 0. The van der Waals surface area contributed by atoms with Crippen LogP contribution in [0, 0.1) is 11.3 Å². The third kappa shape index (κ3) is 2.28. The molecule has 0 atom stereocenters. The molecule has 1 rings (SSSR count). The van der Waals surface area contributed by atoms with E-state index in [1.54, 1.807) is 6.07 Å². The molecule has 0 fully saturated rings. The lowest BCUT2D eigenvalue weighted by atomic mass is 10.3. The molecule has 0 saturated carbocycles. The van der Waals surface area contributed by atoms with E-state index in [9.17, 15) is 0 Å². The van der Waals surface area contributed by atoms with Crippen molar-refractivity contribution in [3.8, 4) is 6.07 Å². The second kappa shape index (κ2) is 4.32. The summed E-state index contributed by atoms with van der Waals surface area (Å²) in [6.45, 7) is -0.0557. The number of aliphatic hydroxyl groups excluding tert-OH is 1. The van der Waals surface area contributed by atoms with Gasteiger partial charge in [-0.3, -0.25) is 0 Å². The molecular weight excluding hydrogens is 250 g/mol. The molecular formula is C6H5Cl3N4O. The van der Waals surface area contributed by atoms with E-state index in [1.165, 1.54) is 4.68 Å². The molecule has 5 nitrogen and oxygen atoms in total. The van der Waals surface area contributed by atoms with Gasteiger partial charge in [-0.25, -0.2) is 4.68 Å². The number of alkyl halides is 3. The Labute approximate surface area is 94.8 Å². The first-order valence-corrected chi connectivity index (χ1v) is 4.65. The van der Waals surface area contributed by atoms with E-state index >= 15 is 0 Å². The average molecular weight is 255 g/mol. The van der Waals surface area contributed by atoms with Gasteiger partial charge in [0, 0.05) is 0 Å². The number of rotatable bonds is 2. The largest absolute Gasteiger partial charge is 0.394 e. The van der Waals surface area contributed by atoms with E-state index in [4.69, 9.17) is 45.2 Å². The number of halogens is 3. The van der Waals surface area contributed by atoms with Gasteiger partial charge in [-0.1, -0.05) is 40.0 Å². The third-order valence-electron chi connectivity index (χ3n) is 1.42. The minimum absolute atomic E-state index is 0.0570. The van der Waals surface area contributed by atoms with Crippen LogP contribution in [0.3, 0.4) is 0 Å². The fraction of sp³-hybridized carbons (Fsp3) is 0.500. The van der Waals surface area contributed by atoms with E-state index in [1.807, 2.05) is 0 Å². The lowest BCUT2D eigenvalue weighted by molar-refractivity contribution is 0.266. The molecule has 0 radical (unpaired) electrons. The molecule has 14 heavy (non-hydrogen) atoms. The van der Waals surface area contributed by atoms with Gasteiger partial charge in [0.05, 0.1) is 13.2 Å². The maximum Gasteiger partial charge on any atom is 0.235 e. The molecule has 76 valence electrons. The number of aliphatic hydroxyl groups is 1. The van der Waals surface area contributed by atoms with Gasteiger partial charge in [0.2, 0.25) is 3.79 Å². The number of nitrogens with zero attached hydrogens (tertiary/aromatic N) is 4. The third-order valence-corrected chi connectivity index (χ3v) is 1.96. The number of hydrogen-bond acceptors (Lipinski definition) is 4. The van der Waals surface area contributed by atoms with Crippen molar-refractivity contribution in [1.29, 1.82) is 5.26 Å². The van der Waals surface area contributed by atoms with Crippen molar-refractivity contribution in [2.45, 2.75) is 10.3 Å². The Morgan fingerprint density at radius 2 is 2.14 bits per heavy atom. The summed E-state index contributed by atoms with van der Waals surface area (Å²) in [6.07, 6.45) is 0. The summed E-state index contributed by atoms with van der Waals surface area (Å²) in [5.74, 6) is 0. The standard InChI is InChI=1S/C6H5Cl3N4O/c7-6(8,9)5-4(3-10)11-12-13(5)1-2-14/h14H,1-2H2. The van der Waals surface area contributed by atoms with Gasteiger partial charge in [0.25, 0.3) is 0 Å².